The predicted octanol–water partition coefficient (Wildman–Crippen LogP) is 1.69. The van der Waals surface area contributed by atoms with Crippen molar-refractivity contribution in [1.82, 2.24) is 9.78 Å². The smallest absolute Gasteiger partial charge is 0.264 e. The van der Waals surface area contributed by atoms with Crippen molar-refractivity contribution >= 4 is 0 Å². The number of hydrogen-bond acceptors (Lipinski definition) is 1. The molecule has 1 heterocycles. The lowest BCUT2D eigenvalue weighted by Crippen LogP contribution is -2.00. The van der Waals surface area contributed by atoms with E-state index in [4.69, 9.17) is 0 Å². The summed E-state index contributed by atoms with van der Waals surface area (Å²) in [5.41, 5.74) is 3.10. The van der Waals surface area contributed by atoms with Crippen LogP contribution in [0.3, 0.4) is 0 Å². The molecule has 2 aromatic rings. The van der Waals surface area contributed by atoms with E-state index in [9.17, 15) is 4.79 Å². The van der Waals surface area contributed by atoms with E-state index >= 15 is 0 Å². The van der Waals surface area contributed by atoms with Gasteiger partial charge in [0.2, 0.25) is 0 Å². The van der Waals surface area contributed by atoms with E-state index in [-0.39, 0.29) is 5.56 Å². The van der Waals surface area contributed by atoms with Crippen LogP contribution in [0.15, 0.2) is 35.1 Å². The third kappa shape index (κ3) is 1.48. The van der Waals surface area contributed by atoms with Crippen molar-refractivity contribution in [3.63, 3.8) is 0 Å². The van der Waals surface area contributed by atoms with E-state index in [0.29, 0.717) is 0 Å². The lowest BCUT2D eigenvalue weighted by Gasteiger charge is -2.02. The monoisotopic (exact) mass is 188 g/mol. The molecule has 0 unspecified atom stereocenters. The fraction of sp³-hybridized carbons (Fsp3) is 0.182. The lowest BCUT2D eigenvalue weighted by atomic mass is 10.1. The maximum Gasteiger partial charge on any atom is 0.264 e. The van der Waals surface area contributed by atoms with Crippen LogP contribution in [-0.4, -0.2) is 9.78 Å². The highest BCUT2D eigenvalue weighted by atomic mass is 16.1. The van der Waals surface area contributed by atoms with Crippen molar-refractivity contribution in [3.05, 3.63) is 46.2 Å². The molecule has 0 radical (unpaired) electrons. The highest BCUT2D eigenvalue weighted by molar-refractivity contribution is 5.59. The van der Waals surface area contributed by atoms with Crippen LogP contribution in [0, 0.1) is 6.92 Å². The molecule has 0 saturated heterocycles. The summed E-state index contributed by atoms with van der Waals surface area (Å²) < 4.78 is 1.73. The predicted molar refractivity (Wildman–Crippen MR) is 56.2 cm³/mol. The van der Waals surface area contributed by atoms with Crippen molar-refractivity contribution in [2.45, 2.75) is 6.92 Å². The highest BCUT2D eigenvalue weighted by Crippen LogP contribution is 2.17. The number of rotatable bonds is 1. The second-order valence-corrected chi connectivity index (χ2v) is 3.43. The van der Waals surface area contributed by atoms with Crippen LogP contribution in [-0.2, 0) is 7.05 Å². The zero-order valence-electron chi connectivity index (χ0n) is 8.24. The van der Waals surface area contributed by atoms with Gasteiger partial charge in [-0.2, -0.15) is 0 Å². The third-order valence-corrected chi connectivity index (χ3v) is 2.22. The lowest BCUT2D eigenvalue weighted by molar-refractivity contribution is 0.764. The van der Waals surface area contributed by atoms with E-state index in [1.54, 1.807) is 10.7 Å². The molecule has 0 amide bonds. The van der Waals surface area contributed by atoms with Gasteiger partial charge < -0.3 is 0 Å². The summed E-state index contributed by atoms with van der Waals surface area (Å²) in [5.74, 6) is 0. The number of aromatic nitrogens is 2. The molecule has 3 nitrogen and oxygen atoms in total. The normalized spacial score (nSPS) is 10.4. The van der Waals surface area contributed by atoms with Crippen LogP contribution < -0.4 is 5.56 Å². The number of aryl methyl sites for hydroxylation is 2. The molecular formula is C11H12N2O. The summed E-state index contributed by atoms with van der Waals surface area (Å²) >= 11 is 0. The molecule has 1 N–H and O–H groups in total. The Morgan fingerprint density at radius 1 is 1.29 bits per heavy atom. The van der Waals surface area contributed by atoms with Gasteiger partial charge in [-0.1, -0.05) is 23.8 Å². The maximum absolute atomic E-state index is 11.1. The molecule has 0 aliphatic carbocycles. The van der Waals surface area contributed by atoms with Gasteiger partial charge in [-0.05, 0) is 13.0 Å². The summed E-state index contributed by atoms with van der Waals surface area (Å²) in [5, 5.41) is 2.69. The molecule has 2 rings (SSSR count). The summed E-state index contributed by atoms with van der Waals surface area (Å²) in [6.45, 7) is 2.04. The molecular weight excluding hydrogens is 176 g/mol. The Balaban J connectivity index is 2.59. The Bertz CT molecular complexity index is 508. The minimum Gasteiger partial charge on any atom is -0.288 e. The van der Waals surface area contributed by atoms with E-state index in [2.05, 4.69) is 11.2 Å². The molecule has 0 atom stereocenters. The number of benzene rings is 1. The van der Waals surface area contributed by atoms with Gasteiger partial charge in [0.1, 0.15) is 0 Å². The average molecular weight is 188 g/mol. The van der Waals surface area contributed by atoms with E-state index in [0.717, 1.165) is 11.3 Å². The van der Waals surface area contributed by atoms with Crippen molar-refractivity contribution in [3.8, 4) is 11.3 Å². The molecule has 0 bridgehead atoms. The largest absolute Gasteiger partial charge is 0.288 e. The zero-order chi connectivity index (χ0) is 10.1. The molecule has 0 saturated carbocycles. The number of H-pyrrole nitrogens is 1. The molecule has 72 valence electrons. The van der Waals surface area contributed by atoms with Gasteiger partial charge in [0, 0.05) is 18.7 Å². The average Bonchev–Trinajstić information content (AvgIpc) is 2.45. The van der Waals surface area contributed by atoms with E-state index in [1.807, 2.05) is 32.2 Å². The Hall–Kier alpha value is -1.77. The number of aromatic amines is 1. The van der Waals surface area contributed by atoms with Crippen molar-refractivity contribution < 1.29 is 0 Å². The second kappa shape index (κ2) is 3.18. The fourth-order valence-corrected chi connectivity index (χ4v) is 1.56. The number of hydrogen-bond donors (Lipinski definition) is 1. The molecule has 1 aromatic carbocycles. The van der Waals surface area contributed by atoms with Crippen LogP contribution in [0.25, 0.3) is 11.3 Å². The zero-order valence-corrected chi connectivity index (χ0v) is 8.24. The Kier molecular flexibility index (Phi) is 2.00. The van der Waals surface area contributed by atoms with Crippen molar-refractivity contribution in [2.24, 2.45) is 7.05 Å². The third-order valence-electron chi connectivity index (χ3n) is 2.22. The van der Waals surface area contributed by atoms with Gasteiger partial charge in [-0.25, -0.2) is 0 Å². The second-order valence-electron chi connectivity index (χ2n) is 3.43. The quantitative estimate of drug-likeness (QED) is 0.726. The van der Waals surface area contributed by atoms with Crippen LogP contribution in [0.2, 0.25) is 0 Å². The summed E-state index contributed by atoms with van der Waals surface area (Å²) in [4.78, 5) is 11.1. The first kappa shape index (κ1) is 8.81. The van der Waals surface area contributed by atoms with Gasteiger partial charge >= 0.3 is 0 Å². The Morgan fingerprint density at radius 3 is 2.64 bits per heavy atom. The highest BCUT2D eigenvalue weighted by Gasteiger charge is 2.03. The van der Waals surface area contributed by atoms with Gasteiger partial charge in [-0.15, -0.1) is 0 Å². The van der Waals surface area contributed by atoms with Crippen molar-refractivity contribution in [2.75, 3.05) is 0 Å². The fourth-order valence-electron chi connectivity index (χ4n) is 1.56. The van der Waals surface area contributed by atoms with Gasteiger partial charge in [-0.3, -0.25) is 14.6 Å². The standard InChI is InChI=1S/C11H12N2O/c1-8-4-3-5-9(6-8)10-7-11(14)12-13(10)2/h3-7H,1-2H3,(H,12,14). The molecule has 0 fully saturated rings. The summed E-state index contributed by atoms with van der Waals surface area (Å²) in [7, 11) is 1.83. The molecule has 3 heteroatoms. The molecule has 0 aliphatic heterocycles. The van der Waals surface area contributed by atoms with Gasteiger partial charge in [0.15, 0.2) is 0 Å². The molecule has 0 aliphatic rings. The topological polar surface area (TPSA) is 37.8 Å². The molecule has 1 aromatic heterocycles. The maximum atomic E-state index is 11.1. The molecule has 14 heavy (non-hydrogen) atoms. The Labute approximate surface area is 82.0 Å². The number of nitrogens with zero attached hydrogens (tertiary/aromatic N) is 1. The van der Waals surface area contributed by atoms with Crippen LogP contribution in [0.5, 0.6) is 0 Å². The minimum absolute atomic E-state index is 0.0657. The minimum atomic E-state index is -0.0657. The van der Waals surface area contributed by atoms with E-state index in [1.165, 1.54) is 5.56 Å². The van der Waals surface area contributed by atoms with Crippen LogP contribution >= 0.6 is 0 Å². The first-order valence-electron chi connectivity index (χ1n) is 4.50. The first-order chi connectivity index (χ1) is 6.66. The van der Waals surface area contributed by atoms with Gasteiger partial charge in [0.05, 0.1) is 5.69 Å². The first-order valence-corrected chi connectivity index (χ1v) is 4.50. The Morgan fingerprint density at radius 2 is 2.07 bits per heavy atom. The van der Waals surface area contributed by atoms with Crippen LogP contribution in [0.4, 0.5) is 0 Å². The number of nitrogens with one attached hydrogen (secondary N) is 1. The molecule has 0 spiro atoms. The van der Waals surface area contributed by atoms with Crippen molar-refractivity contribution in [1.29, 1.82) is 0 Å². The van der Waals surface area contributed by atoms with Gasteiger partial charge in [0.25, 0.3) is 5.56 Å². The van der Waals surface area contributed by atoms with E-state index < -0.39 is 0 Å². The summed E-state index contributed by atoms with van der Waals surface area (Å²) in [6.07, 6.45) is 0. The van der Waals surface area contributed by atoms with Crippen LogP contribution in [0.1, 0.15) is 5.56 Å². The SMILES string of the molecule is Cc1cccc(-c2cc(=O)[nH]n2C)c1. The summed E-state index contributed by atoms with van der Waals surface area (Å²) in [6, 6.07) is 9.68.